The van der Waals surface area contributed by atoms with Crippen LogP contribution in [0.1, 0.15) is 49.9 Å². The highest BCUT2D eigenvalue weighted by Crippen LogP contribution is 2.19. The van der Waals surface area contributed by atoms with Crippen LogP contribution in [0.3, 0.4) is 0 Å². The maximum absolute atomic E-state index is 12.1. The Morgan fingerprint density at radius 1 is 1.29 bits per heavy atom. The molecule has 1 amide bonds. The fourth-order valence-electron chi connectivity index (χ4n) is 2.85. The second-order valence-electron chi connectivity index (χ2n) is 7.20. The molecule has 0 aliphatic carbocycles. The van der Waals surface area contributed by atoms with Gasteiger partial charge in [0, 0.05) is 5.56 Å². The summed E-state index contributed by atoms with van der Waals surface area (Å²) in [6, 6.07) is 7.16. The minimum atomic E-state index is -0.624. The molecule has 1 aliphatic heterocycles. The van der Waals surface area contributed by atoms with Crippen molar-refractivity contribution in [2.75, 3.05) is 26.3 Å². The lowest BCUT2D eigenvalue weighted by Gasteiger charge is -2.23. The Labute approximate surface area is 144 Å². The molecule has 0 unspecified atom stereocenters. The summed E-state index contributed by atoms with van der Waals surface area (Å²) in [5.41, 5.74) is -0.0560. The Kier molecular flexibility index (Phi) is 7.06. The molecule has 1 fully saturated rings. The van der Waals surface area contributed by atoms with Crippen molar-refractivity contribution < 1.29 is 14.6 Å². The fraction of sp³-hybridized carbons (Fsp3) is 0.632. The van der Waals surface area contributed by atoms with E-state index in [4.69, 9.17) is 4.74 Å². The first-order valence-corrected chi connectivity index (χ1v) is 8.87. The van der Waals surface area contributed by atoms with Crippen LogP contribution in [0, 0.1) is 5.92 Å². The predicted molar refractivity (Wildman–Crippen MR) is 95.4 cm³/mol. The van der Waals surface area contributed by atoms with E-state index in [1.54, 1.807) is 26.0 Å². The Morgan fingerprint density at radius 2 is 1.96 bits per heavy atom. The molecule has 0 aromatic heterocycles. The Morgan fingerprint density at radius 3 is 2.58 bits per heavy atom. The maximum Gasteiger partial charge on any atom is 0.251 e. The topological polar surface area (TPSA) is 70.6 Å². The molecule has 1 aromatic carbocycles. The number of benzene rings is 1. The molecule has 1 aliphatic rings. The van der Waals surface area contributed by atoms with Crippen LogP contribution in [-0.4, -0.2) is 42.9 Å². The molecule has 2 rings (SSSR count). The van der Waals surface area contributed by atoms with Crippen molar-refractivity contribution in [2.45, 2.75) is 45.1 Å². The summed E-state index contributed by atoms with van der Waals surface area (Å²) >= 11 is 0. The van der Waals surface area contributed by atoms with E-state index < -0.39 is 5.54 Å². The summed E-state index contributed by atoms with van der Waals surface area (Å²) in [7, 11) is 0. The molecule has 24 heavy (non-hydrogen) atoms. The average Bonchev–Trinajstić information content (AvgIpc) is 2.60. The van der Waals surface area contributed by atoms with Crippen LogP contribution in [0.2, 0.25) is 0 Å². The van der Waals surface area contributed by atoms with Gasteiger partial charge in [-0.15, -0.1) is 0 Å². The number of nitrogens with one attached hydrogen (secondary N) is 2. The van der Waals surface area contributed by atoms with Gasteiger partial charge in [0.05, 0.1) is 18.8 Å². The van der Waals surface area contributed by atoms with Crippen molar-refractivity contribution in [3.8, 4) is 5.75 Å². The molecule has 0 atom stereocenters. The number of hydrogen-bond acceptors (Lipinski definition) is 4. The molecular formula is C19H30N2O3. The molecule has 134 valence electrons. The van der Waals surface area contributed by atoms with E-state index in [2.05, 4.69) is 10.6 Å². The van der Waals surface area contributed by atoms with Crippen LogP contribution >= 0.6 is 0 Å². The Hall–Kier alpha value is -1.59. The first kappa shape index (κ1) is 18.7. The second-order valence-corrected chi connectivity index (χ2v) is 7.20. The van der Waals surface area contributed by atoms with Crippen molar-refractivity contribution in [1.82, 2.24) is 10.6 Å². The highest BCUT2D eigenvalue weighted by Gasteiger charge is 2.19. The monoisotopic (exact) mass is 334 g/mol. The SMILES string of the molecule is CC(C)(CO)NC(=O)c1ccc(OCCCC2CCNCC2)cc1. The molecule has 0 bridgehead atoms. The van der Waals surface area contributed by atoms with Crippen LogP contribution in [0.25, 0.3) is 0 Å². The van der Waals surface area contributed by atoms with E-state index in [-0.39, 0.29) is 12.5 Å². The number of rotatable bonds is 8. The lowest BCUT2D eigenvalue weighted by atomic mass is 9.93. The standard InChI is InChI=1S/C19H30N2O3/c1-19(2,14-22)21-18(23)16-5-7-17(8-6-16)24-13-3-4-15-9-11-20-12-10-15/h5-8,15,20,22H,3-4,9-14H2,1-2H3,(H,21,23). The third-order valence-electron chi connectivity index (χ3n) is 4.45. The second kappa shape index (κ2) is 9.04. The normalized spacial score (nSPS) is 16.0. The predicted octanol–water partition coefficient (Wildman–Crippen LogP) is 2.35. The summed E-state index contributed by atoms with van der Waals surface area (Å²) in [5.74, 6) is 1.43. The summed E-state index contributed by atoms with van der Waals surface area (Å²) in [4.78, 5) is 12.1. The van der Waals surface area contributed by atoms with Crippen LogP contribution in [-0.2, 0) is 0 Å². The van der Waals surface area contributed by atoms with Gasteiger partial charge in [-0.3, -0.25) is 4.79 Å². The molecular weight excluding hydrogens is 304 g/mol. The van der Waals surface area contributed by atoms with E-state index in [0.717, 1.165) is 31.2 Å². The van der Waals surface area contributed by atoms with Crippen LogP contribution in [0.4, 0.5) is 0 Å². The molecule has 1 aromatic rings. The number of piperidine rings is 1. The largest absolute Gasteiger partial charge is 0.494 e. The summed E-state index contributed by atoms with van der Waals surface area (Å²) < 4.78 is 5.77. The van der Waals surface area contributed by atoms with E-state index in [1.807, 2.05) is 12.1 Å². The van der Waals surface area contributed by atoms with Crippen molar-refractivity contribution in [3.63, 3.8) is 0 Å². The Balaban J connectivity index is 1.72. The molecule has 0 spiro atoms. The van der Waals surface area contributed by atoms with E-state index in [1.165, 1.54) is 19.3 Å². The first-order valence-electron chi connectivity index (χ1n) is 8.87. The van der Waals surface area contributed by atoms with Crippen molar-refractivity contribution >= 4 is 5.91 Å². The zero-order valence-corrected chi connectivity index (χ0v) is 14.8. The zero-order valence-electron chi connectivity index (χ0n) is 14.8. The minimum Gasteiger partial charge on any atom is -0.494 e. The third-order valence-corrected chi connectivity index (χ3v) is 4.45. The van der Waals surface area contributed by atoms with Gasteiger partial charge >= 0.3 is 0 Å². The van der Waals surface area contributed by atoms with Crippen molar-refractivity contribution in [3.05, 3.63) is 29.8 Å². The van der Waals surface area contributed by atoms with Gasteiger partial charge < -0.3 is 20.5 Å². The highest BCUT2D eigenvalue weighted by molar-refractivity contribution is 5.94. The van der Waals surface area contributed by atoms with Crippen LogP contribution in [0.15, 0.2) is 24.3 Å². The van der Waals surface area contributed by atoms with Gasteiger partial charge in [0.15, 0.2) is 0 Å². The summed E-state index contributed by atoms with van der Waals surface area (Å²) in [6.07, 6.45) is 4.83. The molecule has 1 heterocycles. The lowest BCUT2D eigenvalue weighted by Crippen LogP contribution is -2.46. The summed E-state index contributed by atoms with van der Waals surface area (Å²) in [6.45, 7) is 6.46. The summed E-state index contributed by atoms with van der Waals surface area (Å²) in [5, 5.41) is 15.4. The van der Waals surface area contributed by atoms with Crippen LogP contribution < -0.4 is 15.4 Å². The van der Waals surface area contributed by atoms with E-state index >= 15 is 0 Å². The van der Waals surface area contributed by atoms with E-state index in [0.29, 0.717) is 12.2 Å². The quantitative estimate of drug-likeness (QED) is 0.638. The zero-order chi connectivity index (χ0) is 17.4. The molecule has 0 saturated carbocycles. The van der Waals surface area contributed by atoms with Gasteiger partial charge in [-0.2, -0.15) is 0 Å². The lowest BCUT2D eigenvalue weighted by molar-refractivity contribution is 0.0869. The van der Waals surface area contributed by atoms with Crippen molar-refractivity contribution in [1.29, 1.82) is 0 Å². The van der Waals surface area contributed by atoms with Gasteiger partial charge in [-0.25, -0.2) is 0 Å². The van der Waals surface area contributed by atoms with Gasteiger partial charge in [0.2, 0.25) is 0 Å². The van der Waals surface area contributed by atoms with Gasteiger partial charge in [-0.1, -0.05) is 0 Å². The fourth-order valence-corrected chi connectivity index (χ4v) is 2.85. The maximum atomic E-state index is 12.1. The number of aliphatic hydroxyl groups is 1. The molecule has 0 radical (unpaired) electrons. The molecule has 1 saturated heterocycles. The van der Waals surface area contributed by atoms with Gasteiger partial charge in [-0.05, 0) is 82.8 Å². The highest BCUT2D eigenvalue weighted by atomic mass is 16.5. The van der Waals surface area contributed by atoms with Gasteiger partial charge in [0.1, 0.15) is 5.75 Å². The van der Waals surface area contributed by atoms with Crippen LogP contribution in [0.5, 0.6) is 5.75 Å². The minimum absolute atomic E-state index is 0.100. The Bertz CT molecular complexity index is 508. The number of amides is 1. The molecule has 5 nitrogen and oxygen atoms in total. The first-order chi connectivity index (χ1) is 11.5. The molecule has 5 heteroatoms. The number of carbonyl (C=O) groups excluding carboxylic acids is 1. The third kappa shape index (κ3) is 6.13. The average molecular weight is 334 g/mol. The number of aliphatic hydroxyl groups excluding tert-OH is 1. The van der Waals surface area contributed by atoms with E-state index in [9.17, 15) is 9.90 Å². The molecule has 3 N–H and O–H groups in total. The van der Waals surface area contributed by atoms with Gasteiger partial charge in [0.25, 0.3) is 5.91 Å². The number of hydrogen-bond donors (Lipinski definition) is 3. The number of carbonyl (C=O) groups is 1. The smallest absolute Gasteiger partial charge is 0.251 e. The van der Waals surface area contributed by atoms with Crippen molar-refractivity contribution in [2.24, 2.45) is 5.92 Å². The number of ether oxygens (including phenoxy) is 1.